The minimum Gasteiger partial charge on any atom is -0.496 e. The second kappa shape index (κ2) is 11.1. The summed E-state index contributed by atoms with van der Waals surface area (Å²) in [7, 11) is 1.60. The van der Waals surface area contributed by atoms with Crippen molar-refractivity contribution < 1.29 is 9.47 Å². The van der Waals surface area contributed by atoms with Crippen molar-refractivity contribution in [2.45, 2.75) is 6.61 Å². The van der Waals surface area contributed by atoms with Crippen LogP contribution in [0.4, 0.5) is 5.95 Å². The van der Waals surface area contributed by atoms with Gasteiger partial charge in [-0.2, -0.15) is 10.4 Å². The van der Waals surface area contributed by atoms with Gasteiger partial charge in [-0.15, -0.1) is 0 Å². The van der Waals surface area contributed by atoms with Gasteiger partial charge in [0.25, 0.3) is 5.56 Å². The number of hydrazone groups is 1. The predicted octanol–water partition coefficient (Wildman–Crippen LogP) is 5.10. The van der Waals surface area contributed by atoms with E-state index in [1.807, 2.05) is 66.7 Å². The summed E-state index contributed by atoms with van der Waals surface area (Å²) in [5.41, 5.74) is 4.70. The van der Waals surface area contributed by atoms with Gasteiger partial charge >= 0.3 is 0 Å². The maximum atomic E-state index is 12.4. The Kier molecular flexibility index (Phi) is 7.55. The number of ether oxygens (including phenoxy) is 2. The van der Waals surface area contributed by atoms with Gasteiger partial charge in [0.2, 0.25) is 5.95 Å². The van der Waals surface area contributed by atoms with E-state index in [0.717, 1.165) is 21.3 Å². The number of aromatic amines is 1. The molecule has 0 aliphatic heterocycles. The quantitative estimate of drug-likeness (QED) is 0.242. The number of nitrogens with one attached hydrogen (secondary N) is 2. The zero-order chi connectivity index (χ0) is 24.6. The monoisotopic (exact) mass is 529 g/mol. The van der Waals surface area contributed by atoms with Crippen LogP contribution >= 0.6 is 15.9 Å². The number of methoxy groups -OCH3 is 1. The number of halogens is 1. The molecule has 0 spiro atoms. The van der Waals surface area contributed by atoms with Crippen LogP contribution in [0, 0.1) is 11.3 Å². The first-order valence-electron chi connectivity index (χ1n) is 10.5. The summed E-state index contributed by atoms with van der Waals surface area (Å²) < 4.78 is 12.3. The van der Waals surface area contributed by atoms with Gasteiger partial charge in [0, 0.05) is 15.6 Å². The van der Waals surface area contributed by atoms with Gasteiger partial charge in [0.05, 0.1) is 19.0 Å². The molecule has 3 aromatic carbocycles. The second-order valence-electron chi connectivity index (χ2n) is 7.30. The number of benzene rings is 3. The number of nitriles is 1. The smallest absolute Gasteiger partial charge is 0.270 e. The van der Waals surface area contributed by atoms with Crippen molar-refractivity contribution in [1.29, 1.82) is 5.26 Å². The van der Waals surface area contributed by atoms with Gasteiger partial charge in [-0.3, -0.25) is 9.78 Å². The molecule has 4 rings (SSSR count). The van der Waals surface area contributed by atoms with Gasteiger partial charge < -0.3 is 9.47 Å². The van der Waals surface area contributed by atoms with Crippen LogP contribution < -0.4 is 20.5 Å². The van der Waals surface area contributed by atoms with E-state index in [0.29, 0.717) is 17.9 Å². The number of nitrogens with zero attached hydrogens (tertiary/aromatic N) is 3. The number of hydrogen-bond acceptors (Lipinski definition) is 7. The minimum absolute atomic E-state index is 0.0590. The van der Waals surface area contributed by atoms with Crippen LogP contribution in [0.25, 0.3) is 11.3 Å². The first-order valence-corrected chi connectivity index (χ1v) is 11.3. The van der Waals surface area contributed by atoms with E-state index in [1.165, 1.54) is 0 Å². The van der Waals surface area contributed by atoms with Crippen LogP contribution in [0.5, 0.6) is 11.5 Å². The molecule has 1 aromatic heterocycles. The molecule has 0 radical (unpaired) electrons. The van der Waals surface area contributed by atoms with Crippen molar-refractivity contribution in [3.05, 3.63) is 104 Å². The minimum atomic E-state index is -0.545. The zero-order valence-electron chi connectivity index (χ0n) is 18.7. The molecule has 0 atom stereocenters. The molecule has 0 saturated heterocycles. The van der Waals surface area contributed by atoms with Gasteiger partial charge in [-0.25, -0.2) is 10.4 Å². The Morgan fingerprint density at radius 1 is 1.14 bits per heavy atom. The Morgan fingerprint density at radius 2 is 1.91 bits per heavy atom. The summed E-state index contributed by atoms with van der Waals surface area (Å²) in [6.07, 6.45) is 1.59. The Balaban J connectivity index is 1.52. The highest BCUT2D eigenvalue weighted by Crippen LogP contribution is 2.23. The van der Waals surface area contributed by atoms with Crippen LogP contribution in [-0.2, 0) is 6.61 Å². The van der Waals surface area contributed by atoms with Crippen molar-refractivity contribution >= 4 is 28.1 Å². The lowest BCUT2D eigenvalue weighted by Crippen LogP contribution is -2.16. The molecule has 2 N–H and O–H groups in total. The molecule has 0 aliphatic carbocycles. The van der Waals surface area contributed by atoms with Crippen molar-refractivity contribution in [3.63, 3.8) is 0 Å². The van der Waals surface area contributed by atoms with Crippen LogP contribution in [0.15, 0.2) is 87.2 Å². The van der Waals surface area contributed by atoms with Gasteiger partial charge in [-0.1, -0.05) is 46.3 Å². The third kappa shape index (κ3) is 5.93. The largest absolute Gasteiger partial charge is 0.496 e. The fourth-order valence-corrected chi connectivity index (χ4v) is 3.55. The first-order chi connectivity index (χ1) is 17.1. The molecule has 0 bridgehead atoms. The lowest BCUT2D eigenvalue weighted by atomic mass is 10.1. The molecule has 9 heteroatoms. The molecule has 35 heavy (non-hydrogen) atoms. The Hall–Kier alpha value is -4.42. The number of H-pyrrole nitrogens is 1. The maximum Gasteiger partial charge on any atom is 0.270 e. The topological polar surface area (TPSA) is 112 Å². The van der Waals surface area contributed by atoms with E-state index >= 15 is 0 Å². The summed E-state index contributed by atoms with van der Waals surface area (Å²) in [6, 6.07) is 24.1. The second-order valence-corrected chi connectivity index (χ2v) is 8.22. The molecule has 174 valence electrons. The summed E-state index contributed by atoms with van der Waals surface area (Å²) in [4.78, 5) is 19.3. The van der Waals surface area contributed by atoms with Crippen LogP contribution in [0.3, 0.4) is 0 Å². The molecular formula is C26H20BrN5O3. The average Bonchev–Trinajstić information content (AvgIpc) is 2.88. The van der Waals surface area contributed by atoms with E-state index in [9.17, 15) is 10.1 Å². The number of rotatable bonds is 8. The van der Waals surface area contributed by atoms with Gasteiger partial charge in [0.1, 0.15) is 29.7 Å². The molecule has 8 nitrogen and oxygen atoms in total. The summed E-state index contributed by atoms with van der Waals surface area (Å²) in [6.45, 7) is 0.310. The lowest BCUT2D eigenvalue weighted by molar-refractivity contribution is 0.296. The van der Waals surface area contributed by atoms with Gasteiger partial charge in [0.15, 0.2) is 0 Å². The summed E-state index contributed by atoms with van der Waals surface area (Å²) in [5, 5.41) is 13.6. The lowest BCUT2D eigenvalue weighted by Gasteiger charge is -2.11. The Morgan fingerprint density at radius 3 is 2.63 bits per heavy atom. The van der Waals surface area contributed by atoms with Crippen molar-refractivity contribution in [1.82, 2.24) is 9.97 Å². The summed E-state index contributed by atoms with van der Waals surface area (Å²) >= 11 is 3.41. The molecule has 1 heterocycles. The Labute approximate surface area is 210 Å². The maximum absolute atomic E-state index is 12.4. The summed E-state index contributed by atoms with van der Waals surface area (Å²) in [5.74, 6) is 1.55. The fraction of sp³-hybridized carbons (Fsp3) is 0.0769. The molecule has 4 aromatic rings. The van der Waals surface area contributed by atoms with Crippen LogP contribution in [0.1, 0.15) is 16.7 Å². The molecular weight excluding hydrogens is 510 g/mol. The fourth-order valence-electron chi connectivity index (χ4n) is 3.29. The Bertz CT molecular complexity index is 1450. The highest BCUT2D eigenvalue weighted by molar-refractivity contribution is 9.10. The van der Waals surface area contributed by atoms with E-state index in [-0.39, 0.29) is 17.2 Å². The van der Waals surface area contributed by atoms with Crippen LogP contribution in [-0.4, -0.2) is 23.3 Å². The molecule has 0 amide bonds. The third-order valence-electron chi connectivity index (χ3n) is 4.97. The normalized spacial score (nSPS) is 10.7. The van der Waals surface area contributed by atoms with Crippen molar-refractivity contribution in [2.24, 2.45) is 5.10 Å². The van der Waals surface area contributed by atoms with E-state index in [1.54, 1.807) is 25.5 Å². The average molecular weight is 530 g/mol. The highest BCUT2D eigenvalue weighted by atomic mass is 79.9. The van der Waals surface area contributed by atoms with Crippen molar-refractivity contribution in [3.8, 4) is 28.8 Å². The molecule has 0 unspecified atom stereocenters. The first kappa shape index (κ1) is 23.7. The van der Waals surface area contributed by atoms with E-state index < -0.39 is 5.56 Å². The molecule has 0 fully saturated rings. The molecule has 0 aliphatic rings. The third-order valence-corrected chi connectivity index (χ3v) is 5.50. The van der Waals surface area contributed by atoms with Crippen molar-refractivity contribution in [2.75, 3.05) is 12.5 Å². The van der Waals surface area contributed by atoms with Gasteiger partial charge in [-0.05, 0) is 48.0 Å². The number of anilines is 1. The SMILES string of the molecule is COc1ccc(C=NNc2nc(-c3ccccc3)c(C#N)c(=O)[nH]2)cc1COc1ccc(Br)cc1. The van der Waals surface area contributed by atoms with E-state index in [4.69, 9.17) is 9.47 Å². The predicted molar refractivity (Wildman–Crippen MR) is 138 cm³/mol. The van der Waals surface area contributed by atoms with Crippen LogP contribution in [0.2, 0.25) is 0 Å². The number of aromatic nitrogens is 2. The zero-order valence-corrected chi connectivity index (χ0v) is 20.2. The number of hydrogen-bond donors (Lipinski definition) is 2. The highest BCUT2D eigenvalue weighted by Gasteiger charge is 2.13. The standard InChI is InChI=1S/C26H20BrN5O3/c1-34-23-12-7-17(13-19(23)16-35-21-10-8-20(27)9-11-21)15-29-32-26-30-24(18-5-3-2-4-6-18)22(14-28)25(33)31-26/h2-13,15H,16H2,1H3,(H2,30,31,32,33). The molecule has 0 saturated carbocycles. The van der Waals surface area contributed by atoms with E-state index in [2.05, 4.69) is 36.4 Å².